The van der Waals surface area contributed by atoms with E-state index in [-0.39, 0.29) is 0 Å². The third-order valence-corrected chi connectivity index (χ3v) is 12.6. The van der Waals surface area contributed by atoms with E-state index in [4.69, 9.17) is 4.42 Å². The molecule has 268 valence electrons. The molecule has 0 aliphatic heterocycles. The smallest absolute Gasteiger partial charge is 0.136 e. The molecule has 10 aromatic carbocycles. The van der Waals surface area contributed by atoms with Gasteiger partial charge in [-0.15, -0.1) is 0 Å². The summed E-state index contributed by atoms with van der Waals surface area (Å²) in [6, 6.07) is 73.5. The summed E-state index contributed by atoms with van der Waals surface area (Å²) in [4.78, 5) is 0. The maximum absolute atomic E-state index is 6.43. The molecule has 58 heavy (non-hydrogen) atoms. The zero-order valence-electron chi connectivity index (χ0n) is 31.4. The Bertz CT molecular complexity index is 3630. The van der Waals surface area contributed by atoms with Crippen molar-refractivity contribution in [1.29, 1.82) is 0 Å². The third kappa shape index (κ3) is 4.26. The summed E-state index contributed by atoms with van der Waals surface area (Å²) >= 11 is 0. The highest BCUT2D eigenvalue weighted by Gasteiger charge is 2.25. The molecule has 1 aliphatic carbocycles. The molecule has 0 atom stereocenters. The Hall–Kier alpha value is -7.68. The molecule has 0 fully saturated rings. The summed E-state index contributed by atoms with van der Waals surface area (Å²) in [6.45, 7) is 0. The maximum Gasteiger partial charge on any atom is 0.136 e. The molecule has 12 aromatic rings. The summed E-state index contributed by atoms with van der Waals surface area (Å²) < 4.78 is 8.94. The number of furan rings is 1. The summed E-state index contributed by atoms with van der Waals surface area (Å²) in [5.74, 6) is 0. The number of para-hydroxylation sites is 2. The van der Waals surface area contributed by atoms with Gasteiger partial charge in [-0.05, 0) is 96.7 Å². The molecule has 1 aliphatic rings. The summed E-state index contributed by atoms with van der Waals surface area (Å²) in [5, 5.41) is 9.61. The minimum atomic E-state index is 0.910. The van der Waals surface area contributed by atoms with Crippen molar-refractivity contribution in [2.75, 3.05) is 0 Å². The number of nitrogens with zero attached hydrogens (tertiary/aromatic N) is 1. The molecular weight excluding hydrogens is 703 g/mol. The van der Waals surface area contributed by atoms with Gasteiger partial charge in [0, 0.05) is 32.3 Å². The topological polar surface area (TPSA) is 18.1 Å². The first-order valence-electron chi connectivity index (χ1n) is 20.0. The molecule has 0 bridgehead atoms. The van der Waals surface area contributed by atoms with Gasteiger partial charge in [0.1, 0.15) is 11.2 Å². The van der Waals surface area contributed by atoms with Gasteiger partial charge in [0.25, 0.3) is 0 Å². The molecule has 13 rings (SSSR count). The van der Waals surface area contributed by atoms with Crippen molar-refractivity contribution in [3.8, 4) is 61.3 Å². The molecule has 2 nitrogen and oxygen atoms in total. The fourth-order valence-electron chi connectivity index (χ4n) is 10.2. The molecule has 0 amide bonds. The number of aromatic nitrogens is 1. The van der Waals surface area contributed by atoms with Crippen LogP contribution >= 0.6 is 0 Å². The quantitative estimate of drug-likeness (QED) is 0.162. The lowest BCUT2D eigenvalue weighted by atomic mass is 9.79. The van der Waals surface area contributed by atoms with Gasteiger partial charge in [-0.3, -0.25) is 0 Å². The monoisotopic (exact) mass is 735 g/mol. The fourth-order valence-corrected chi connectivity index (χ4v) is 10.2. The van der Waals surface area contributed by atoms with Gasteiger partial charge in [0.15, 0.2) is 0 Å². The zero-order valence-corrected chi connectivity index (χ0v) is 31.4. The van der Waals surface area contributed by atoms with Crippen molar-refractivity contribution in [1.82, 2.24) is 4.57 Å². The highest BCUT2D eigenvalue weighted by Crippen LogP contribution is 2.51. The highest BCUT2D eigenvalue weighted by molar-refractivity contribution is 6.29. The number of rotatable bonds is 2. The van der Waals surface area contributed by atoms with Crippen LogP contribution in [0.4, 0.5) is 0 Å². The minimum Gasteiger partial charge on any atom is -0.456 e. The second-order valence-corrected chi connectivity index (χ2v) is 15.5. The van der Waals surface area contributed by atoms with Crippen LogP contribution in [-0.2, 0) is 0 Å². The summed E-state index contributed by atoms with van der Waals surface area (Å²) in [6.07, 6.45) is 0. The van der Waals surface area contributed by atoms with E-state index >= 15 is 0 Å². The Labute approximate surface area is 334 Å². The van der Waals surface area contributed by atoms with Crippen LogP contribution in [0.2, 0.25) is 0 Å². The van der Waals surface area contributed by atoms with E-state index in [1.165, 1.54) is 110 Å². The minimum absolute atomic E-state index is 0.910. The largest absolute Gasteiger partial charge is 0.456 e. The Morgan fingerprint density at radius 1 is 0.293 bits per heavy atom. The fraction of sp³-hybridized carbons (Fsp3) is 0. The van der Waals surface area contributed by atoms with Crippen molar-refractivity contribution < 1.29 is 4.42 Å². The second kappa shape index (κ2) is 11.9. The first kappa shape index (κ1) is 31.5. The molecule has 0 radical (unpaired) electrons. The average Bonchev–Trinajstić information content (AvgIpc) is 3.83. The van der Waals surface area contributed by atoms with Crippen molar-refractivity contribution in [3.63, 3.8) is 0 Å². The Balaban J connectivity index is 1.13. The van der Waals surface area contributed by atoms with Gasteiger partial charge in [-0.25, -0.2) is 0 Å². The molecule has 0 N–H and O–H groups in total. The van der Waals surface area contributed by atoms with Crippen LogP contribution in [0, 0.1) is 0 Å². The Morgan fingerprint density at radius 2 is 0.759 bits per heavy atom. The zero-order chi connectivity index (χ0) is 37.9. The van der Waals surface area contributed by atoms with Crippen LogP contribution in [0.3, 0.4) is 0 Å². The van der Waals surface area contributed by atoms with Crippen LogP contribution in [0.15, 0.2) is 205 Å². The SMILES string of the molecule is c1ccc2c(c1)-c1ccccc1-c1ccc(-c3c4ccccc4c(-n4c5ccccc5c5c6c(ccc54)oc4ccccc46)c4ccccc34)cc1-c1ccccc1-2. The van der Waals surface area contributed by atoms with E-state index in [9.17, 15) is 0 Å². The third-order valence-electron chi connectivity index (χ3n) is 12.6. The van der Waals surface area contributed by atoms with Crippen LogP contribution < -0.4 is 0 Å². The van der Waals surface area contributed by atoms with Crippen molar-refractivity contribution in [2.24, 2.45) is 0 Å². The van der Waals surface area contributed by atoms with E-state index in [2.05, 4.69) is 199 Å². The number of fused-ring (bicyclic) bond motifs is 17. The first-order valence-corrected chi connectivity index (χ1v) is 20.0. The molecule has 0 unspecified atom stereocenters. The van der Waals surface area contributed by atoms with Crippen LogP contribution in [0.5, 0.6) is 0 Å². The van der Waals surface area contributed by atoms with Gasteiger partial charge in [0.05, 0.1) is 16.7 Å². The van der Waals surface area contributed by atoms with E-state index in [1.54, 1.807) is 0 Å². The lowest BCUT2D eigenvalue weighted by Gasteiger charge is -2.24. The van der Waals surface area contributed by atoms with E-state index in [1.807, 2.05) is 6.07 Å². The second-order valence-electron chi connectivity index (χ2n) is 15.5. The molecule has 2 heterocycles. The Morgan fingerprint density at radius 3 is 1.36 bits per heavy atom. The number of hydrogen-bond acceptors (Lipinski definition) is 1. The molecule has 0 saturated carbocycles. The average molecular weight is 736 g/mol. The number of hydrogen-bond donors (Lipinski definition) is 0. The van der Waals surface area contributed by atoms with E-state index in [0.29, 0.717) is 0 Å². The van der Waals surface area contributed by atoms with Crippen LogP contribution in [0.25, 0.3) is 127 Å². The van der Waals surface area contributed by atoms with Crippen molar-refractivity contribution >= 4 is 65.3 Å². The molecule has 0 saturated heterocycles. The maximum atomic E-state index is 6.43. The van der Waals surface area contributed by atoms with Crippen molar-refractivity contribution in [3.05, 3.63) is 200 Å². The van der Waals surface area contributed by atoms with Gasteiger partial charge in [-0.2, -0.15) is 0 Å². The first-order chi connectivity index (χ1) is 28.8. The van der Waals surface area contributed by atoms with E-state index in [0.717, 1.165) is 16.6 Å². The van der Waals surface area contributed by atoms with E-state index < -0.39 is 0 Å². The van der Waals surface area contributed by atoms with Gasteiger partial charge in [-0.1, -0.05) is 170 Å². The van der Waals surface area contributed by atoms with Crippen LogP contribution in [0.1, 0.15) is 0 Å². The van der Waals surface area contributed by atoms with Crippen molar-refractivity contribution in [2.45, 2.75) is 0 Å². The Kier molecular flexibility index (Phi) is 6.47. The molecular formula is C56H33NO. The summed E-state index contributed by atoms with van der Waals surface area (Å²) in [7, 11) is 0. The predicted molar refractivity (Wildman–Crippen MR) is 244 cm³/mol. The molecule has 2 aromatic heterocycles. The van der Waals surface area contributed by atoms with Gasteiger partial charge >= 0.3 is 0 Å². The lowest BCUT2D eigenvalue weighted by molar-refractivity contribution is 0.669. The number of benzene rings is 10. The molecule has 2 heteroatoms. The summed E-state index contributed by atoms with van der Waals surface area (Å²) in [5.41, 5.74) is 17.8. The lowest BCUT2D eigenvalue weighted by Crippen LogP contribution is -2.00. The van der Waals surface area contributed by atoms with Crippen LogP contribution in [-0.4, -0.2) is 4.57 Å². The molecule has 0 spiro atoms. The normalized spacial score (nSPS) is 12.1. The standard InChI is InChI=1S/C56H33NO/c1-2-16-36-35(15-1)37-17-3-4-19-39(37)41-30-29-34(33-48(41)40-20-6-5-18-38(36)40)53-42-21-7-9-23-44(42)56(45-24-10-8-22-43(45)53)57-49-27-13-11-25-46(49)54-50(57)31-32-52-55(54)47-26-12-14-28-51(47)58-52/h1-33H. The highest BCUT2D eigenvalue weighted by atomic mass is 16.3. The van der Waals surface area contributed by atoms with Gasteiger partial charge in [0.2, 0.25) is 0 Å². The predicted octanol–water partition coefficient (Wildman–Crippen LogP) is 15.6. The van der Waals surface area contributed by atoms with Gasteiger partial charge < -0.3 is 8.98 Å².